The molecule has 11 unspecified atom stereocenters. The summed E-state index contributed by atoms with van der Waals surface area (Å²) >= 11 is 0. The molecule has 11 atom stereocenters. The van der Waals surface area contributed by atoms with Crippen LogP contribution in [0.5, 0.6) is 0 Å². The van der Waals surface area contributed by atoms with E-state index in [1.54, 1.807) is 0 Å². The lowest BCUT2D eigenvalue weighted by molar-refractivity contribution is -0.332. The van der Waals surface area contributed by atoms with Crippen LogP contribution in [0.2, 0.25) is 0 Å². The second-order valence-electron chi connectivity index (χ2n) is 16.2. The Balaban J connectivity index is 1.73. The predicted octanol–water partition coefficient (Wildman–Crippen LogP) is 6.12. The number of allylic oxidation sites excluding steroid dienone is 14. The smallest absolute Gasteiger partial charge is 0.306 e. The Hall–Kier alpha value is -2.83. The van der Waals surface area contributed by atoms with Crippen LogP contribution in [0.25, 0.3) is 0 Å². The van der Waals surface area contributed by atoms with E-state index in [0.717, 1.165) is 96.3 Å². The van der Waals surface area contributed by atoms with Gasteiger partial charge in [-0.15, -0.1) is 0 Å². The minimum Gasteiger partial charge on any atom is -0.457 e. The number of carbonyl (C=O) groups is 1. The highest BCUT2D eigenvalue weighted by Gasteiger charge is 2.47. The highest BCUT2D eigenvalue weighted by Crippen LogP contribution is 2.26. The summed E-state index contributed by atoms with van der Waals surface area (Å²) in [6.07, 6.45) is 29.9. The van der Waals surface area contributed by atoms with Crippen molar-refractivity contribution in [2.24, 2.45) is 0 Å². The molecule has 0 aromatic rings. The van der Waals surface area contributed by atoms with Crippen molar-refractivity contribution in [3.8, 4) is 0 Å². The molecule has 0 aromatic carbocycles. The van der Waals surface area contributed by atoms with Crippen LogP contribution in [0, 0.1) is 0 Å². The molecule has 0 bridgehead atoms. The minimum absolute atomic E-state index is 0.0262. The van der Waals surface area contributed by atoms with E-state index in [9.17, 15) is 40.5 Å². The molecule has 0 aromatic heterocycles. The van der Waals surface area contributed by atoms with Gasteiger partial charge in [0, 0.05) is 13.0 Å². The summed E-state index contributed by atoms with van der Waals surface area (Å²) in [7, 11) is 0. The zero-order valence-electron chi connectivity index (χ0n) is 38.5. The molecule has 14 nitrogen and oxygen atoms in total. The average Bonchev–Trinajstić information content (AvgIpc) is 3.29. The van der Waals surface area contributed by atoms with Gasteiger partial charge in [-0.3, -0.25) is 4.79 Å². The van der Waals surface area contributed by atoms with Crippen molar-refractivity contribution in [2.45, 2.75) is 191 Å². The number of ether oxygens (including phenoxy) is 6. The van der Waals surface area contributed by atoms with E-state index >= 15 is 0 Å². The number of aliphatic hydroxyl groups is 7. The van der Waals surface area contributed by atoms with Crippen molar-refractivity contribution >= 4 is 5.97 Å². The van der Waals surface area contributed by atoms with Gasteiger partial charge < -0.3 is 64.2 Å². The van der Waals surface area contributed by atoms with E-state index in [-0.39, 0.29) is 19.6 Å². The lowest BCUT2D eigenvalue weighted by Gasteiger charge is -2.42. The molecule has 14 heteroatoms. The molecule has 0 spiro atoms. The quantitative estimate of drug-likeness (QED) is 0.0217. The van der Waals surface area contributed by atoms with Gasteiger partial charge in [0.15, 0.2) is 12.6 Å². The molecule has 7 N–H and O–H groups in total. The van der Waals surface area contributed by atoms with Gasteiger partial charge in [0.25, 0.3) is 0 Å². The molecule has 2 fully saturated rings. The van der Waals surface area contributed by atoms with Crippen LogP contribution in [0.4, 0.5) is 0 Å². The summed E-state index contributed by atoms with van der Waals surface area (Å²) in [5, 5.41) is 71.8. The maximum atomic E-state index is 12.8. The highest BCUT2D eigenvalue weighted by atomic mass is 16.7. The van der Waals surface area contributed by atoms with Gasteiger partial charge in [-0.2, -0.15) is 0 Å². The maximum Gasteiger partial charge on any atom is 0.306 e. The third-order valence-corrected chi connectivity index (χ3v) is 10.7. The lowest BCUT2D eigenvalue weighted by atomic mass is 9.98. The van der Waals surface area contributed by atoms with Crippen LogP contribution in [0.3, 0.4) is 0 Å². The molecule has 2 heterocycles. The molecule has 0 amide bonds. The van der Waals surface area contributed by atoms with Crippen molar-refractivity contribution in [3.05, 3.63) is 85.1 Å². The zero-order chi connectivity index (χ0) is 46.6. The number of hydrogen-bond acceptors (Lipinski definition) is 14. The van der Waals surface area contributed by atoms with Gasteiger partial charge in [-0.05, 0) is 70.6 Å². The van der Waals surface area contributed by atoms with E-state index in [0.29, 0.717) is 13.0 Å². The Morgan fingerprint density at radius 2 is 1.02 bits per heavy atom. The first-order valence-corrected chi connectivity index (χ1v) is 23.7. The molecular formula is C50H82O14. The second kappa shape index (κ2) is 37.3. The fourth-order valence-corrected chi connectivity index (χ4v) is 6.79. The van der Waals surface area contributed by atoms with Crippen LogP contribution in [-0.4, -0.2) is 142 Å². The maximum absolute atomic E-state index is 12.8. The zero-order valence-corrected chi connectivity index (χ0v) is 38.5. The third kappa shape index (κ3) is 25.2. The summed E-state index contributed by atoms with van der Waals surface area (Å²) in [5.74, 6) is -0.406. The molecule has 0 saturated carbocycles. The van der Waals surface area contributed by atoms with Crippen molar-refractivity contribution in [3.63, 3.8) is 0 Å². The van der Waals surface area contributed by atoms with Gasteiger partial charge in [0.1, 0.15) is 54.9 Å². The number of aliphatic hydroxyl groups excluding tert-OH is 7. The summed E-state index contributed by atoms with van der Waals surface area (Å²) in [6.45, 7) is 3.34. The van der Waals surface area contributed by atoms with Crippen molar-refractivity contribution in [1.82, 2.24) is 0 Å². The number of unbranched alkanes of at least 4 members (excludes halogenated alkanes) is 7. The first-order chi connectivity index (χ1) is 31.1. The topological polar surface area (TPSA) is 214 Å². The van der Waals surface area contributed by atoms with Crippen LogP contribution in [0.15, 0.2) is 85.1 Å². The molecule has 0 aliphatic carbocycles. The number of rotatable bonds is 35. The Kier molecular flexibility index (Phi) is 33.4. The Morgan fingerprint density at radius 3 is 1.56 bits per heavy atom. The monoisotopic (exact) mass is 907 g/mol. The minimum atomic E-state index is -1.72. The molecule has 2 aliphatic rings. The van der Waals surface area contributed by atoms with Gasteiger partial charge in [-0.25, -0.2) is 0 Å². The largest absolute Gasteiger partial charge is 0.457 e. The summed E-state index contributed by atoms with van der Waals surface area (Å²) in [6, 6.07) is 0. The second-order valence-corrected chi connectivity index (χ2v) is 16.2. The molecular weight excluding hydrogens is 825 g/mol. The van der Waals surface area contributed by atoms with Crippen molar-refractivity contribution < 1.29 is 69.0 Å². The summed E-state index contributed by atoms with van der Waals surface area (Å²) < 4.78 is 34.0. The number of esters is 1. The van der Waals surface area contributed by atoms with E-state index in [2.05, 4.69) is 98.9 Å². The average molecular weight is 907 g/mol. The summed E-state index contributed by atoms with van der Waals surface area (Å²) in [4.78, 5) is 12.8. The van der Waals surface area contributed by atoms with E-state index in [1.807, 2.05) is 0 Å². The SMILES string of the molecule is CC/C=C\C/C=C\C/C=C\C/C=C\C/C=C\C/C=C\C/C=C\CCCCOCC(COC1OC(COC2OC(CO)C(O)C(O)C2O)C(O)C(O)C1O)OC(=O)CCCCCCCC. The van der Waals surface area contributed by atoms with Crippen LogP contribution in [-0.2, 0) is 33.2 Å². The number of carbonyl (C=O) groups excluding carboxylic acids is 1. The first-order valence-electron chi connectivity index (χ1n) is 23.7. The van der Waals surface area contributed by atoms with Crippen molar-refractivity contribution in [1.29, 1.82) is 0 Å². The first kappa shape index (κ1) is 57.3. The van der Waals surface area contributed by atoms with Gasteiger partial charge in [0.2, 0.25) is 0 Å². The summed E-state index contributed by atoms with van der Waals surface area (Å²) in [5.41, 5.74) is 0. The number of hydrogen-bond donors (Lipinski definition) is 7. The molecule has 2 rings (SSSR count). The predicted molar refractivity (Wildman–Crippen MR) is 247 cm³/mol. The highest BCUT2D eigenvalue weighted by molar-refractivity contribution is 5.69. The standard InChI is InChI=1S/C50H82O14/c1-3-5-7-9-11-12-13-14-15-16-17-18-19-20-21-22-23-24-25-26-27-28-30-32-34-59-36-39(62-42(52)33-31-29-10-8-6-4-2)37-60-49-48(58)46(56)44(54)41(64-49)38-61-50-47(57)45(55)43(53)40(35-51)63-50/h5,7,11-12,14-15,17-18,20-21,23-24,26-27,39-41,43-51,53-58H,3-4,6,8-10,13,16,19,22,25,28-38H2,1-2H3/b7-5-,12-11-,15-14-,18-17-,21-20-,24-23-,27-26-. The van der Waals surface area contributed by atoms with Gasteiger partial charge >= 0.3 is 5.97 Å². The Bertz CT molecular complexity index is 1380. The lowest BCUT2D eigenvalue weighted by Crippen LogP contribution is -2.61. The van der Waals surface area contributed by atoms with Gasteiger partial charge in [-0.1, -0.05) is 131 Å². The Labute approximate surface area is 382 Å². The molecule has 2 aliphatic heterocycles. The fourth-order valence-electron chi connectivity index (χ4n) is 6.79. The fraction of sp³-hybridized carbons (Fsp3) is 0.700. The van der Waals surface area contributed by atoms with Crippen LogP contribution >= 0.6 is 0 Å². The van der Waals surface area contributed by atoms with E-state index in [1.165, 1.54) is 0 Å². The van der Waals surface area contributed by atoms with E-state index < -0.39 is 86.7 Å². The molecule has 64 heavy (non-hydrogen) atoms. The van der Waals surface area contributed by atoms with Crippen LogP contribution in [0.1, 0.15) is 123 Å². The van der Waals surface area contributed by atoms with Crippen molar-refractivity contribution in [2.75, 3.05) is 33.0 Å². The molecule has 366 valence electrons. The molecule has 0 radical (unpaired) electrons. The van der Waals surface area contributed by atoms with Crippen LogP contribution < -0.4 is 0 Å². The van der Waals surface area contributed by atoms with Gasteiger partial charge in [0.05, 0.1) is 26.4 Å². The molecule has 2 saturated heterocycles. The third-order valence-electron chi connectivity index (χ3n) is 10.7. The van der Waals surface area contributed by atoms with E-state index in [4.69, 9.17) is 28.4 Å². The normalized spacial score (nSPS) is 27.5. The Morgan fingerprint density at radius 1 is 0.531 bits per heavy atom.